The third-order valence-electron chi connectivity index (χ3n) is 4.73. The molecule has 0 aliphatic heterocycles. The molecule has 1 N–H and O–H groups in total. The molecule has 28 heavy (non-hydrogen) atoms. The lowest BCUT2D eigenvalue weighted by atomic mass is 10.0. The monoisotopic (exact) mass is 402 g/mol. The molecule has 0 saturated carbocycles. The summed E-state index contributed by atoms with van der Waals surface area (Å²) in [5, 5.41) is 2.88. The summed E-state index contributed by atoms with van der Waals surface area (Å²) < 4.78 is 26.1. The highest BCUT2D eigenvalue weighted by Gasteiger charge is 2.20. The van der Waals surface area contributed by atoms with Crippen LogP contribution in [0, 0.1) is 19.8 Å². The molecule has 0 fully saturated rings. The second-order valence-electron chi connectivity index (χ2n) is 7.84. The van der Waals surface area contributed by atoms with Gasteiger partial charge in [-0.15, -0.1) is 0 Å². The zero-order valence-electron chi connectivity index (χ0n) is 17.5. The Balaban J connectivity index is 2.18. The number of hydrogen-bond acceptors (Lipinski definition) is 3. The molecule has 0 heterocycles. The number of hydrogen-bond donors (Lipinski definition) is 1. The van der Waals surface area contributed by atoms with Crippen molar-refractivity contribution in [3.8, 4) is 0 Å². The molecule has 0 aromatic heterocycles. The minimum absolute atomic E-state index is 0.168. The summed E-state index contributed by atoms with van der Waals surface area (Å²) in [5.74, 6) is 0.421. The van der Waals surface area contributed by atoms with Crippen LogP contribution in [0.3, 0.4) is 0 Å². The van der Waals surface area contributed by atoms with Crippen molar-refractivity contribution in [2.75, 3.05) is 19.4 Å². The van der Waals surface area contributed by atoms with Gasteiger partial charge in [0.25, 0.3) is 0 Å². The van der Waals surface area contributed by atoms with Gasteiger partial charge >= 0.3 is 0 Å². The molecule has 0 aliphatic rings. The molecule has 0 atom stereocenters. The zero-order chi connectivity index (χ0) is 21.1. The molecule has 152 valence electrons. The van der Waals surface area contributed by atoms with Crippen LogP contribution in [0.1, 0.15) is 36.1 Å². The van der Waals surface area contributed by atoms with E-state index < -0.39 is 10.0 Å². The van der Waals surface area contributed by atoms with Gasteiger partial charge in [0.05, 0.1) is 11.3 Å². The van der Waals surface area contributed by atoms with E-state index in [1.54, 1.807) is 6.07 Å². The maximum atomic E-state index is 12.5. The van der Waals surface area contributed by atoms with Crippen molar-refractivity contribution >= 4 is 21.6 Å². The van der Waals surface area contributed by atoms with E-state index >= 15 is 0 Å². The third-order valence-corrected chi connectivity index (χ3v) is 6.52. The van der Waals surface area contributed by atoms with Crippen molar-refractivity contribution in [3.05, 3.63) is 58.7 Å². The molecule has 0 bridgehead atoms. The van der Waals surface area contributed by atoms with Crippen LogP contribution in [0.15, 0.2) is 41.3 Å². The summed E-state index contributed by atoms with van der Waals surface area (Å²) in [6, 6.07) is 11.2. The Bertz CT molecular complexity index is 946. The quantitative estimate of drug-likeness (QED) is 0.763. The van der Waals surface area contributed by atoms with Crippen molar-refractivity contribution < 1.29 is 13.2 Å². The highest BCUT2D eigenvalue weighted by molar-refractivity contribution is 7.89. The number of nitrogens with one attached hydrogen (secondary N) is 1. The predicted molar refractivity (Wildman–Crippen MR) is 114 cm³/mol. The van der Waals surface area contributed by atoms with E-state index in [1.165, 1.54) is 30.0 Å². The number of nitrogens with zero attached hydrogens (tertiary/aromatic N) is 1. The molecule has 6 heteroatoms. The van der Waals surface area contributed by atoms with Gasteiger partial charge in [0.1, 0.15) is 0 Å². The molecular weight excluding hydrogens is 372 g/mol. The van der Waals surface area contributed by atoms with E-state index in [4.69, 9.17) is 0 Å². The van der Waals surface area contributed by atoms with Crippen LogP contribution >= 0.6 is 0 Å². The lowest BCUT2D eigenvalue weighted by molar-refractivity contribution is -0.115. The van der Waals surface area contributed by atoms with Crippen LogP contribution in [0.25, 0.3) is 0 Å². The van der Waals surface area contributed by atoms with Gasteiger partial charge in [-0.1, -0.05) is 38.1 Å². The van der Waals surface area contributed by atoms with Crippen molar-refractivity contribution in [2.24, 2.45) is 5.92 Å². The summed E-state index contributed by atoms with van der Waals surface area (Å²) in [6.07, 6.45) is 1.25. The van der Waals surface area contributed by atoms with E-state index in [0.29, 0.717) is 11.6 Å². The average Bonchev–Trinajstić information content (AvgIpc) is 2.59. The van der Waals surface area contributed by atoms with Crippen LogP contribution in [0.4, 0.5) is 5.69 Å². The fourth-order valence-corrected chi connectivity index (χ4v) is 3.97. The van der Waals surface area contributed by atoms with Crippen LogP contribution in [0.5, 0.6) is 0 Å². The van der Waals surface area contributed by atoms with Crippen molar-refractivity contribution in [2.45, 2.75) is 45.4 Å². The van der Waals surface area contributed by atoms with E-state index in [-0.39, 0.29) is 17.2 Å². The lowest BCUT2D eigenvalue weighted by Gasteiger charge is -2.16. The highest BCUT2D eigenvalue weighted by atomic mass is 32.2. The fourth-order valence-electron chi connectivity index (χ4n) is 2.96. The number of carbonyl (C=O) groups excluding carboxylic acids is 1. The zero-order valence-corrected chi connectivity index (χ0v) is 18.4. The van der Waals surface area contributed by atoms with E-state index in [2.05, 4.69) is 31.3 Å². The topological polar surface area (TPSA) is 66.5 Å². The molecule has 0 aliphatic carbocycles. The molecule has 0 unspecified atom stereocenters. The second-order valence-corrected chi connectivity index (χ2v) is 9.99. The number of aryl methyl sites for hydroxylation is 1. The molecule has 2 aromatic rings. The fraction of sp³-hybridized carbons (Fsp3) is 0.409. The van der Waals surface area contributed by atoms with Crippen LogP contribution < -0.4 is 5.32 Å². The van der Waals surface area contributed by atoms with Gasteiger partial charge < -0.3 is 5.32 Å². The average molecular weight is 403 g/mol. The minimum Gasteiger partial charge on any atom is -0.326 e. The van der Waals surface area contributed by atoms with Crippen molar-refractivity contribution in [3.63, 3.8) is 0 Å². The van der Waals surface area contributed by atoms with E-state index in [9.17, 15) is 13.2 Å². The Morgan fingerprint density at radius 3 is 2.14 bits per heavy atom. The molecule has 0 radical (unpaired) electrons. The Hall–Kier alpha value is -2.18. The van der Waals surface area contributed by atoms with Gasteiger partial charge in [-0.25, -0.2) is 12.7 Å². The lowest BCUT2D eigenvalue weighted by Crippen LogP contribution is -2.23. The van der Waals surface area contributed by atoms with Crippen molar-refractivity contribution in [1.29, 1.82) is 0 Å². The molecule has 1 amide bonds. The first-order valence-electron chi connectivity index (χ1n) is 9.42. The molecule has 2 rings (SSSR count). The Labute approximate surface area is 168 Å². The van der Waals surface area contributed by atoms with E-state index in [0.717, 1.165) is 23.1 Å². The molecule has 2 aromatic carbocycles. The van der Waals surface area contributed by atoms with Crippen LogP contribution in [0.2, 0.25) is 0 Å². The summed E-state index contributed by atoms with van der Waals surface area (Å²) >= 11 is 0. The summed E-state index contributed by atoms with van der Waals surface area (Å²) in [6.45, 7) is 8.07. The molecule has 0 saturated heterocycles. The molecule has 5 nitrogen and oxygen atoms in total. The second kappa shape index (κ2) is 8.88. The number of sulfonamides is 1. The normalized spacial score (nSPS) is 11.9. The molecule has 0 spiro atoms. The Kier molecular flexibility index (Phi) is 7.01. The molecular formula is C22H30N2O3S. The number of carbonyl (C=O) groups is 1. The van der Waals surface area contributed by atoms with Gasteiger partial charge in [-0.05, 0) is 60.6 Å². The number of anilines is 1. The Morgan fingerprint density at radius 2 is 1.61 bits per heavy atom. The maximum Gasteiger partial charge on any atom is 0.242 e. The van der Waals surface area contributed by atoms with Gasteiger partial charge in [0.2, 0.25) is 15.9 Å². The van der Waals surface area contributed by atoms with E-state index in [1.807, 2.05) is 26.0 Å². The highest BCUT2D eigenvalue weighted by Crippen LogP contribution is 2.25. The SMILES string of the molecule is Cc1cc(S(=O)(=O)N(C)C)cc(NC(=O)Cc2ccc(CC(C)C)cc2)c1C. The number of benzene rings is 2. The van der Waals surface area contributed by atoms with Crippen LogP contribution in [-0.4, -0.2) is 32.7 Å². The number of rotatable bonds is 7. The first-order valence-corrected chi connectivity index (χ1v) is 10.9. The summed E-state index contributed by atoms with van der Waals surface area (Å²) in [5.41, 5.74) is 4.39. The number of amides is 1. The summed E-state index contributed by atoms with van der Waals surface area (Å²) in [4.78, 5) is 12.7. The first kappa shape index (κ1) is 22.1. The maximum absolute atomic E-state index is 12.5. The minimum atomic E-state index is -3.57. The van der Waals surface area contributed by atoms with Crippen LogP contribution in [-0.2, 0) is 27.7 Å². The van der Waals surface area contributed by atoms with Crippen molar-refractivity contribution in [1.82, 2.24) is 4.31 Å². The summed E-state index contributed by atoms with van der Waals surface area (Å²) in [7, 11) is -0.583. The van der Waals surface area contributed by atoms with Gasteiger partial charge in [-0.2, -0.15) is 0 Å². The van der Waals surface area contributed by atoms with Gasteiger partial charge in [-0.3, -0.25) is 4.79 Å². The van der Waals surface area contributed by atoms with Gasteiger partial charge in [0, 0.05) is 19.8 Å². The largest absolute Gasteiger partial charge is 0.326 e. The Morgan fingerprint density at radius 1 is 1.04 bits per heavy atom. The van der Waals surface area contributed by atoms with Gasteiger partial charge in [0.15, 0.2) is 0 Å². The third kappa shape index (κ3) is 5.42. The smallest absolute Gasteiger partial charge is 0.242 e. The predicted octanol–water partition coefficient (Wildman–Crippen LogP) is 3.93. The standard InChI is InChI=1S/C22H30N2O3S/c1-15(2)11-18-7-9-19(10-8-18)13-22(25)23-21-14-20(12-16(3)17(21)4)28(26,27)24(5)6/h7-10,12,14-15H,11,13H2,1-6H3,(H,23,25). The first-order chi connectivity index (χ1) is 13.0.